The predicted octanol–water partition coefficient (Wildman–Crippen LogP) is 3.08. The number of aromatic nitrogens is 1. The van der Waals surface area contributed by atoms with E-state index in [4.69, 9.17) is 4.74 Å². The van der Waals surface area contributed by atoms with Gasteiger partial charge in [-0.05, 0) is 56.9 Å². The molecule has 0 saturated carbocycles. The number of hydrogen-bond acceptors (Lipinski definition) is 4. The van der Waals surface area contributed by atoms with E-state index >= 15 is 0 Å². The average Bonchev–Trinajstić information content (AvgIpc) is 2.97. The Morgan fingerprint density at radius 3 is 2.43 bits per heavy atom. The van der Waals surface area contributed by atoms with Gasteiger partial charge in [-0.25, -0.2) is 8.42 Å². The molecule has 1 fully saturated rings. The predicted molar refractivity (Wildman–Crippen MR) is 108 cm³/mol. The molecule has 3 rings (SSSR count). The van der Waals surface area contributed by atoms with E-state index in [2.05, 4.69) is 4.72 Å². The summed E-state index contributed by atoms with van der Waals surface area (Å²) < 4.78 is 35.6. The quantitative estimate of drug-likeness (QED) is 0.829. The van der Waals surface area contributed by atoms with Gasteiger partial charge in [0.25, 0.3) is 15.9 Å². The van der Waals surface area contributed by atoms with Crippen LogP contribution in [0.5, 0.6) is 5.75 Å². The Bertz CT molecular complexity index is 989. The van der Waals surface area contributed by atoms with Crippen molar-refractivity contribution < 1.29 is 17.9 Å². The third-order valence-electron chi connectivity index (χ3n) is 5.24. The SMILES string of the molecule is COc1ccc(C)cc1NS(=O)(=O)c1cc(C(=O)N2CCCCC2)n(C)c1C. The van der Waals surface area contributed by atoms with Crippen LogP contribution in [0.25, 0.3) is 0 Å². The van der Waals surface area contributed by atoms with Crippen molar-refractivity contribution in [3.8, 4) is 5.75 Å². The van der Waals surface area contributed by atoms with Crippen molar-refractivity contribution in [2.75, 3.05) is 24.9 Å². The molecule has 1 aliphatic rings. The molecule has 0 bridgehead atoms. The number of nitrogens with one attached hydrogen (secondary N) is 1. The first-order valence-electron chi connectivity index (χ1n) is 9.37. The van der Waals surface area contributed by atoms with E-state index in [9.17, 15) is 13.2 Å². The first-order chi connectivity index (χ1) is 13.2. The standard InChI is InChI=1S/C20H27N3O4S/c1-14-8-9-18(27-4)16(12-14)21-28(25,26)19-13-17(22(3)15(19)2)20(24)23-10-6-5-7-11-23/h8-9,12-13,21H,5-7,10-11H2,1-4H3. The molecule has 0 aliphatic carbocycles. The number of ether oxygens (including phenoxy) is 1. The van der Waals surface area contributed by atoms with E-state index in [-0.39, 0.29) is 10.8 Å². The third kappa shape index (κ3) is 3.87. The molecule has 7 nitrogen and oxygen atoms in total. The summed E-state index contributed by atoms with van der Waals surface area (Å²) in [7, 11) is -0.668. The summed E-state index contributed by atoms with van der Waals surface area (Å²) in [4.78, 5) is 14.8. The Morgan fingerprint density at radius 2 is 1.79 bits per heavy atom. The maximum absolute atomic E-state index is 13.1. The second-order valence-corrected chi connectivity index (χ2v) is 8.85. The smallest absolute Gasteiger partial charge is 0.270 e. The molecule has 152 valence electrons. The fourth-order valence-corrected chi connectivity index (χ4v) is 4.86. The van der Waals surface area contributed by atoms with Crippen LogP contribution in [0.15, 0.2) is 29.2 Å². The number of benzene rings is 1. The van der Waals surface area contributed by atoms with Crippen molar-refractivity contribution in [1.29, 1.82) is 0 Å². The van der Waals surface area contributed by atoms with Crippen molar-refractivity contribution in [2.45, 2.75) is 38.0 Å². The maximum atomic E-state index is 13.1. The molecule has 1 saturated heterocycles. The second kappa shape index (κ2) is 7.87. The summed E-state index contributed by atoms with van der Waals surface area (Å²) in [5.74, 6) is 0.312. The number of aryl methyl sites for hydroxylation is 1. The van der Waals surface area contributed by atoms with Crippen molar-refractivity contribution in [2.24, 2.45) is 7.05 Å². The number of hydrogen-bond donors (Lipinski definition) is 1. The Kier molecular flexibility index (Phi) is 5.69. The molecule has 1 aromatic heterocycles. The monoisotopic (exact) mass is 405 g/mol. The third-order valence-corrected chi connectivity index (χ3v) is 6.72. The number of rotatable bonds is 5. The topological polar surface area (TPSA) is 80.6 Å². The second-order valence-electron chi connectivity index (χ2n) is 7.20. The molecular weight excluding hydrogens is 378 g/mol. The van der Waals surface area contributed by atoms with Crippen LogP contribution in [-0.4, -0.2) is 44.0 Å². The van der Waals surface area contributed by atoms with E-state index < -0.39 is 10.0 Å². The van der Waals surface area contributed by atoms with E-state index in [1.807, 2.05) is 13.0 Å². The zero-order chi connectivity index (χ0) is 20.5. The summed E-state index contributed by atoms with van der Waals surface area (Å²) >= 11 is 0. The molecule has 8 heteroatoms. The molecule has 28 heavy (non-hydrogen) atoms. The zero-order valence-electron chi connectivity index (χ0n) is 16.8. The number of piperidine rings is 1. The number of sulfonamides is 1. The van der Waals surface area contributed by atoms with Crippen molar-refractivity contribution >= 4 is 21.6 Å². The van der Waals surface area contributed by atoms with Crippen LogP contribution in [0, 0.1) is 13.8 Å². The molecule has 1 N–H and O–H groups in total. The van der Waals surface area contributed by atoms with Crippen LogP contribution in [0.2, 0.25) is 0 Å². The highest BCUT2D eigenvalue weighted by molar-refractivity contribution is 7.92. The minimum absolute atomic E-state index is 0.0962. The number of nitrogens with zero attached hydrogens (tertiary/aromatic N) is 2. The van der Waals surface area contributed by atoms with Gasteiger partial charge in [0.2, 0.25) is 0 Å². The number of methoxy groups -OCH3 is 1. The maximum Gasteiger partial charge on any atom is 0.270 e. The first kappa shape index (κ1) is 20.3. The lowest BCUT2D eigenvalue weighted by Gasteiger charge is -2.26. The fourth-order valence-electron chi connectivity index (χ4n) is 3.51. The van der Waals surface area contributed by atoms with Gasteiger partial charge >= 0.3 is 0 Å². The van der Waals surface area contributed by atoms with Gasteiger partial charge in [-0.15, -0.1) is 0 Å². The summed E-state index contributed by atoms with van der Waals surface area (Å²) in [6, 6.07) is 6.75. The first-order valence-corrected chi connectivity index (χ1v) is 10.9. The van der Waals surface area contributed by atoms with Crippen LogP contribution in [0.3, 0.4) is 0 Å². The molecule has 1 aliphatic heterocycles. The van der Waals surface area contributed by atoms with Gasteiger partial charge in [-0.1, -0.05) is 6.07 Å². The highest BCUT2D eigenvalue weighted by atomic mass is 32.2. The normalized spacial score (nSPS) is 14.8. The Labute approximate surface area is 166 Å². The number of anilines is 1. The molecule has 2 aromatic rings. The Balaban J connectivity index is 1.95. The van der Waals surface area contributed by atoms with E-state index in [0.717, 1.165) is 24.8 Å². The Hall–Kier alpha value is -2.48. The lowest BCUT2D eigenvalue weighted by Crippen LogP contribution is -2.36. The van der Waals surface area contributed by atoms with Crippen molar-refractivity contribution in [1.82, 2.24) is 9.47 Å². The van der Waals surface area contributed by atoms with Gasteiger partial charge in [0, 0.05) is 25.8 Å². The molecule has 1 amide bonds. The summed E-state index contributed by atoms with van der Waals surface area (Å²) in [5.41, 5.74) is 2.18. The van der Waals surface area contributed by atoms with Crippen molar-refractivity contribution in [3.05, 3.63) is 41.2 Å². The van der Waals surface area contributed by atoms with Crippen LogP contribution in [0.1, 0.15) is 41.0 Å². The minimum Gasteiger partial charge on any atom is -0.495 e. The van der Waals surface area contributed by atoms with E-state index in [1.54, 1.807) is 35.6 Å². The zero-order valence-corrected chi connectivity index (χ0v) is 17.6. The lowest BCUT2D eigenvalue weighted by atomic mass is 10.1. The molecular formula is C20H27N3O4S. The van der Waals surface area contributed by atoms with E-state index in [0.29, 0.717) is 35.9 Å². The molecule has 2 heterocycles. The number of likely N-dealkylation sites (tertiary alicyclic amines) is 1. The Morgan fingerprint density at radius 1 is 1.11 bits per heavy atom. The van der Waals surface area contributed by atoms with Crippen molar-refractivity contribution in [3.63, 3.8) is 0 Å². The summed E-state index contributed by atoms with van der Waals surface area (Å²) in [6.07, 6.45) is 3.09. The summed E-state index contributed by atoms with van der Waals surface area (Å²) in [6.45, 7) is 5.00. The van der Waals surface area contributed by atoms with Gasteiger partial charge in [-0.3, -0.25) is 9.52 Å². The summed E-state index contributed by atoms with van der Waals surface area (Å²) in [5, 5.41) is 0. The highest BCUT2D eigenvalue weighted by Crippen LogP contribution is 2.30. The minimum atomic E-state index is -3.88. The van der Waals surface area contributed by atoms with Gasteiger partial charge in [0.1, 0.15) is 16.3 Å². The number of carbonyl (C=O) groups is 1. The molecule has 0 radical (unpaired) electrons. The molecule has 0 unspecified atom stereocenters. The van der Waals surface area contributed by atoms with Crippen LogP contribution >= 0.6 is 0 Å². The molecule has 0 atom stereocenters. The van der Waals surface area contributed by atoms with Crippen LogP contribution < -0.4 is 9.46 Å². The van der Waals surface area contributed by atoms with Crippen LogP contribution in [-0.2, 0) is 17.1 Å². The van der Waals surface area contributed by atoms with Gasteiger partial charge in [0.05, 0.1) is 12.8 Å². The fraction of sp³-hybridized carbons (Fsp3) is 0.450. The molecule has 1 aromatic carbocycles. The highest BCUT2D eigenvalue weighted by Gasteiger charge is 2.28. The van der Waals surface area contributed by atoms with Crippen LogP contribution in [0.4, 0.5) is 5.69 Å². The largest absolute Gasteiger partial charge is 0.495 e. The molecule has 0 spiro atoms. The van der Waals surface area contributed by atoms with E-state index in [1.165, 1.54) is 13.2 Å². The van der Waals surface area contributed by atoms with Gasteiger partial charge in [0.15, 0.2) is 0 Å². The average molecular weight is 406 g/mol. The van der Waals surface area contributed by atoms with Gasteiger partial charge < -0.3 is 14.2 Å². The van der Waals surface area contributed by atoms with Gasteiger partial charge in [-0.2, -0.15) is 0 Å². The lowest BCUT2D eigenvalue weighted by molar-refractivity contribution is 0.0714. The number of amides is 1. The number of carbonyl (C=O) groups excluding carboxylic acids is 1.